The van der Waals surface area contributed by atoms with Crippen molar-refractivity contribution in [3.8, 4) is 11.5 Å². The smallest absolute Gasteiger partial charge is 0.260 e. The van der Waals surface area contributed by atoms with E-state index in [2.05, 4.69) is 20.2 Å². The number of benzene rings is 1. The summed E-state index contributed by atoms with van der Waals surface area (Å²) in [5.41, 5.74) is 2.03. The van der Waals surface area contributed by atoms with Gasteiger partial charge in [-0.25, -0.2) is 4.98 Å². The Morgan fingerprint density at radius 2 is 2.08 bits per heavy atom. The van der Waals surface area contributed by atoms with Gasteiger partial charge in [0, 0.05) is 10.4 Å². The largest absolute Gasteiger partial charge is 0.420 e. The molecule has 8 heteroatoms. The summed E-state index contributed by atoms with van der Waals surface area (Å²) in [5, 5.41) is 9.52. The molecule has 0 spiro atoms. The summed E-state index contributed by atoms with van der Waals surface area (Å²) in [6, 6.07) is 9.64. The second-order valence-corrected chi connectivity index (χ2v) is 8.11. The normalized spacial score (nSPS) is 13.4. The predicted molar refractivity (Wildman–Crippen MR) is 102 cm³/mol. The van der Waals surface area contributed by atoms with E-state index >= 15 is 0 Å². The Balaban J connectivity index is 1.37. The monoisotopic (exact) mass is 382 g/mol. The van der Waals surface area contributed by atoms with E-state index in [0.717, 1.165) is 35.0 Å². The van der Waals surface area contributed by atoms with E-state index in [1.807, 2.05) is 30.3 Å². The van der Waals surface area contributed by atoms with Crippen LogP contribution in [0.15, 0.2) is 44.7 Å². The van der Waals surface area contributed by atoms with Gasteiger partial charge in [0.2, 0.25) is 11.8 Å². The third-order valence-corrected chi connectivity index (χ3v) is 6.42. The summed E-state index contributed by atoms with van der Waals surface area (Å²) < 4.78 is 5.70. The molecule has 0 bridgehead atoms. The standard InChI is InChI=1S/C18H14N4O2S2/c23-15-14-11-7-4-8-12(11)26-17(14)20-18(19-15)25-9-13-21-22-16(24-13)10-5-2-1-3-6-10/h1-3,5-6H,4,7-9H2,(H,19,20,23). The van der Waals surface area contributed by atoms with E-state index < -0.39 is 0 Å². The van der Waals surface area contributed by atoms with E-state index in [1.165, 1.54) is 22.2 Å². The number of H-pyrrole nitrogens is 1. The van der Waals surface area contributed by atoms with Gasteiger partial charge in [-0.05, 0) is 37.0 Å². The van der Waals surface area contributed by atoms with Crippen molar-refractivity contribution in [3.63, 3.8) is 0 Å². The van der Waals surface area contributed by atoms with Crippen LogP contribution in [-0.4, -0.2) is 20.2 Å². The number of hydrogen-bond acceptors (Lipinski definition) is 7. The van der Waals surface area contributed by atoms with Crippen molar-refractivity contribution in [1.82, 2.24) is 20.2 Å². The molecule has 0 amide bonds. The zero-order valence-electron chi connectivity index (χ0n) is 13.7. The van der Waals surface area contributed by atoms with Crippen molar-refractivity contribution in [1.29, 1.82) is 0 Å². The summed E-state index contributed by atoms with van der Waals surface area (Å²) in [7, 11) is 0. The number of hydrogen-bond donors (Lipinski definition) is 1. The topological polar surface area (TPSA) is 84.7 Å². The number of nitrogens with one attached hydrogen (secondary N) is 1. The minimum atomic E-state index is -0.0487. The highest BCUT2D eigenvalue weighted by Crippen LogP contribution is 2.35. The molecule has 4 aromatic rings. The SMILES string of the molecule is O=c1[nH]c(SCc2nnc(-c3ccccc3)o2)nc2sc3c(c12)CCC3. The van der Waals surface area contributed by atoms with Crippen molar-refractivity contribution in [2.24, 2.45) is 0 Å². The number of thioether (sulfide) groups is 1. The number of aryl methyl sites for hydroxylation is 2. The van der Waals surface area contributed by atoms with Gasteiger partial charge in [-0.2, -0.15) is 0 Å². The third-order valence-electron chi connectivity index (χ3n) is 4.37. The summed E-state index contributed by atoms with van der Waals surface area (Å²) in [6.07, 6.45) is 3.17. The minimum Gasteiger partial charge on any atom is -0.420 e. The van der Waals surface area contributed by atoms with Gasteiger partial charge in [0.1, 0.15) is 4.83 Å². The van der Waals surface area contributed by atoms with Gasteiger partial charge in [0.15, 0.2) is 5.16 Å². The molecule has 6 nitrogen and oxygen atoms in total. The third kappa shape index (κ3) is 2.75. The number of aromatic nitrogens is 4. The highest BCUT2D eigenvalue weighted by molar-refractivity contribution is 7.98. The molecule has 5 rings (SSSR count). The number of rotatable bonds is 4. The lowest BCUT2D eigenvalue weighted by molar-refractivity contribution is 0.528. The summed E-state index contributed by atoms with van der Waals surface area (Å²) in [6.45, 7) is 0. The van der Waals surface area contributed by atoms with Crippen LogP contribution in [0.25, 0.3) is 21.7 Å². The lowest BCUT2D eigenvalue weighted by Gasteiger charge is -1.99. The molecule has 3 aromatic heterocycles. The van der Waals surface area contributed by atoms with Crippen molar-refractivity contribution in [3.05, 3.63) is 57.0 Å². The maximum absolute atomic E-state index is 12.5. The van der Waals surface area contributed by atoms with Gasteiger partial charge in [-0.1, -0.05) is 30.0 Å². The molecule has 3 heterocycles. The van der Waals surface area contributed by atoms with E-state index in [-0.39, 0.29) is 5.56 Å². The lowest BCUT2D eigenvalue weighted by Crippen LogP contribution is -2.09. The van der Waals surface area contributed by atoms with E-state index in [0.29, 0.717) is 22.7 Å². The highest BCUT2D eigenvalue weighted by atomic mass is 32.2. The second kappa shape index (κ2) is 6.37. The zero-order chi connectivity index (χ0) is 17.5. The van der Waals surface area contributed by atoms with Crippen molar-refractivity contribution < 1.29 is 4.42 Å². The Morgan fingerprint density at radius 3 is 2.96 bits per heavy atom. The molecule has 0 unspecified atom stereocenters. The molecule has 130 valence electrons. The molecule has 0 atom stereocenters. The number of nitrogens with zero attached hydrogens (tertiary/aromatic N) is 3. The Hall–Kier alpha value is -2.45. The van der Waals surface area contributed by atoms with Crippen LogP contribution < -0.4 is 5.56 Å². The molecular weight excluding hydrogens is 368 g/mol. The van der Waals surface area contributed by atoms with Gasteiger partial charge in [-0.15, -0.1) is 21.5 Å². The molecule has 1 N–H and O–H groups in total. The van der Waals surface area contributed by atoms with Crippen LogP contribution in [0.1, 0.15) is 22.8 Å². The Morgan fingerprint density at radius 1 is 1.19 bits per heavy atom. The van der Waals surface area contributed by atoms with Crippen molar-refractivity contribution in [2.45, 2.75) is 30.2 Å². The fourth-order valence-corrected chi connectivity index (χ4v) is 5.21. The van der Waals surface area contributed by atoms with Crippen LogP contribution in [-0.2, 0) is 18.6 Å². The maximum atomic E-state index is 12.5. The summed E-state index contributed by atoms with van der Waals surface area (Å²) in [5.74, 6) is 1.46. The predicted octanol–water partition coefficient (Wildman–Crippen LogP) is 3.82. The first kappa shape index (κ1) is 15.8. The molecule has 1 aromatic carbocycles. The number of fused-ring (bicyclic) bond motifs is 3. The van der Waals surface area contributed by atoms with Crippen LogP contribution in [0, 0.1) is 0 Å². The Labute approximate surface area is 156 Å². The second-order valence-electron chi connectivity index (χ2n) is 6.06. The number of aromatic amines is 1. The van der Waals surface area contributed by atoms with Crippen LogP contribution in [0.2, 0.25) is 0 Å². The molecule has 0 aliphatic heterocycles. The minimum absolute atomic E-state index is 0.0487. The first-order chi connectivity index (χ1) is 12.8. The maximum Gasteiger partial charge on any atom is 0.260 e. The van der Waals surface area contributed by atoms with Gasteiger partial charge >= 0.3 is 0 Å². The van der Waals surface area contributed by atoms with Gasteiger partial charge < -0.3 is 9.40 Å². The van der Waals surface area contributed by atoms with Crippen molar-refractivity contribution >= 4 is 33.3 Å². The average Bonchev–Trinajstić information content (AvgIpc) is 3.36. The molecule has 26 heavy (non-hydrogen) atoms. The Kier molecular flexibility index (Phi) is 3.86. The fraction of sp³-hybridized carbons (Fsp3) is 0.222. The Bertz CT molecular complexity index is 1150. The number of thiophene rings is 1. The molecule has 1 aliphatic rings. The quantitative estimate of drug-likeness (QED) is 0.427. The molecular formula is C18H14N4O2S2. The van der Waals surface area contributed by atoms with E-state index in [4.69, 9.17) is 4.42 Å². The lowest BCUT2D eigenvalue weighted by atomic mass is 10.2. The summed E-state index contributed by atoms with van der Waals surface area (Å²) in [4.78, 5) is 22.1. The molecule has 0 fully saturated rings. The van der Waals surface area contributed by atoms with Crippen LogP contribution in [0.3, 0.4) is 0 Å². The van der Waals surface area contributed by atoms with Crippen LogP contribution >= 0.6 is 23.1 Å². The van der Waals surface area contributed by atoms with Crippen LogP contribution in [0.4, 0.5) is 0 Å². The fourth-order valence-electron chi connectivity index (χ4n) is 3.19. The van der Waals surface area contributed by atoms with Crippen molar-refractivity contribution in [2.75, 3.05) is 0 Å². The van der Waals surface area contributed by atoms with E-state index in [9.17, 15) is 4.79 Å². The molecule has 1 aliphatic carbocycles. The first-order valence-corrected chi connectivity index (χ1v) is 10.1. The van der Waals surface area contributed by atoms with Crippen LogP contribution in [0.5, 0.6) is 0 Å². The highest BCUT2D eigenvalue weighted by Gasteiger charge is 2.21. The van der Waals surface area contributed by atoms with Gasteiger partial charge in [0.05, 0.1) is 11.1 Å². The first-order valence-electron chi connectivity index (χ1n) is 8.33. The summed E-state index contributed by atoms with van der Waals surface area (Å²) >= 11 is 3.04. The van der Waals surface area contributed by atoms with E-state index in [1.54, 1.807) is 11.3 Å². The van der Waals surface area contributed by atoms with Gasteiger partial charge in [0.25, 0.3) is 5.56 Å². The van der Waals surface area contributed by atoms with Gasteiger partial charge in [-0.3, -0.25) is 4.79 Å². The molecule has 0 saturated carbocycles. The average molecular weight is 382 g/mol. The molecule has 0 radical (unpaired) electrons. The zero-order valence-corrected chi connectivity index (χ0v) is 15.3. The molecule has 0 saturated heterocycles.